The third kappa shape index (κ3) is 5.92. The maximum atomic E-state index is 2.47. The van der Waals surface area contributed by atoms with Gasteiger partial charge in [-0.3, -0.25) is 0 Å². The predicted molar refractivity (Wildman–Crippen MR) is 237 cm³/mol. The molecule has 0 unspecified atom stereocenters. The number of nitrogens with zero attached hydrogens (tertiary/aromatic N) is 3. The van der Waals surface area contributed by atoms with Gasteiger partial charge in [0, 0.05) is 70.8 Å². The van der Waals surface area contributed by atoms with Crippen LogP contribution >= 0.6 is 11.3 Å². The van der Waals surface area contributed by atoms with Crippen molar-refractivity contribution in [3.05, 3.63) is 200 Å². The molecule has 4 heteroatoms. The van der Waals surface area contributed by atoms with Crippen LogP contribution in [0.25, 0.3) is 47.7 Å². The van der Waals surface area contributed by atoms with E-state index in [9.17, 15) is 0 Å². The van der Waals surface area contributed by atoms with E-state index in [0.717, 1.165) is 52.7 Å². The Hall–Kier alpha value is -6.62. The van der Waals surface area contributed by atoms with E-state index in [0.29, 0.717) is 0 Å². The van der Waals surface area contributed by atoms with Crippen LogP contribution in [-0.2, 0) is 6.42 Å². The van der Waals surface area contributed by atoms with Gasteiger partial charge in [-0.1, -0.05) is 98.3 Å². The van der Waals surface area contributed by atoms with Crippen LogP contribution < -0.4 is 9.80 Å². The van der Waals surface area contributed by atoms with Crippen molar-refractivity contribution in [2.75, 3.05) is 9.80 Å². The third-order valence-electron chi connectivity index (χ3n) is 10.6. The molecule has 0 aliphatic heterocycles. The van der Waals surface area contributed by atoms with Gasteiger partial charge >= 0.3 is 0 Å². The number of hydrogen-bond donors (Lipinski definition) is 0. The molecule has 0 radical (unpaired) electrons. The summed E-state index contributed by atoms with van der Waals surface area (Å²) in [5.41, 5.74) is 11.6. The van der Waals surface area contributed by atoms with Crippen LogP contribution in [0.15, 0.2) is 194 Å². The largest absolute Gasteiger partial charge is 0.310 e. The lowest BCUT2D eigenvalue weighted by atomic mass is 10.0. The first-order valence-electron chi connectivity index (χ1n) is 19.1. The first-order chi connectivity index (χ1) is 27.2. The van der Waals surface area contributed by atoms with E-state index < -0.39 is 0 Å². The summed E-state index contributed by atoms with van der Waals surface area (Å²) in [6, 6.07) is 70.5. The molecular formula is C51H39N3S. The first kappa shape index (κ1) is 33.0. The van der Waals surface area contributed by atoms with Crippen LogP contribution in [0.2, 0.25) is 0 Å². The minimum absolute atomic E-state index is 1.09. The van der Waals surface area contributed by atoms with Gasteiger partial charge in [0.2, 0.25) is 0 Å². The maximum absolute atomic E-state index is 2.47. The zero-order valence-electron chi connectivity index (χ0n) is 30.6. The molecule has 0 atom stereocenters. The van der Waals surface area contributed by atoms with Crippen molar-refractivity contribution in [2.45, 2.75) is 19.8 Å². The highest BCUT2D eigenvalue weighted by atomic mass is 32.1. The lowest BCUT2D eigenvalue weighted by Crippen LogP contribution is -2.10. The normalized spacial score (nSPS) is 11.5. The Balaban J connectivity index is 1.24. The summed E-state index contributed by atoms with van der Waals surface area (Å²) in [7, 11) is 0. The Morgan fingerprint density at radius 1 is 0.400 bits per heavy atom. The molecule has 264 valence electrons. The standard InChI is InChI=1S/C51H39N3S/c1-2-16-36-27-30-50-46(31-36)47-34-49-45(35-51(47)55-50)44-33-43(53(39-21-11-5-12-22-39)40-23-13-6-14-24-40)28-29-48(44)54(49)42-26-15-25-41(32-42)52(37-17-7-3-8-18-37)38-19-9-4-10-20-38/h3-15,17-35H,2,16H2,1H3. The minimum atomic E-state index is 1.09. The molecule has 10 aromatic rings. The first-order valence-corrected chi connectivity index (χ1v) is 19.9. The van der Waals surface area contributed by atoms with Crippen molar-refractivity contribution in [1.82, 2.24) is 4.57 Å². The van der Waals surface area contributed by atoms with Gasteiger partial charge in [-0.25, -0.2) is 0 Å². The Morgan fingerprint density at radius 3 is 1.51 bits per heavy atom. The van der Waals surface area contributed by atoms with Crippen LogP contribution in [0.3, 0.4) is 0 Å². The number of fused-ring (bicyclic) bond motifs is 6. The van der Waals surface area contributed by atoms with Crippen molar-refractivity contribution < 1.29 is 0 Å². The summed E-state index contributed by atoms with van der Waals surface area (Å²) in [5.74, 6) is 0. The fourth-order valence-corrected chi connectivity index (χ4v) is 9.27. The number of para-hydroxylation sites is 4. The Labute approximate surface area is 325 Å². The molecule has 0 aliphatic rings. The zero-order valence-corrected chi connectivity index (χ0v) is 31.5. The molecule has 0 spiro atoms. The third-order valence-corrected chi connectivity index (χ3v) is 11.7. The van der Waals surface area contributed by atoms with Crippen molar-refractivity contribution in [1.29, 1.82) is 0 Å². The fraction of sp³-hybridized carbons (Fsp3) is 0.0588. The highest BCUT2D eigenvalue weighted by Gasteiger charge is 2.20. The molecule has 0 aliphatic carbocycles. The number of thiophene rings is 1. The number of aryl methyl sites for hydroxylation is 1. The number of benzene rings is 8. The Kier molecular flexibility index (Phi) is 8.39. The van der Waals surface area contributed by atoms with Crippen LogP contribution in [0.1, 0.15) is 18.9 Å². The molecule has 0 saturated carbocycles. The Bertz CT molecular complexity index is 2850. The van der Waals surface area contributed by atoms with Gasteiger partial charge in [0.25, 0.3) is 0 Å². The average Bonchev–Trinajstić information content (AvgIpc) is 3.76. The molecule has 3 nitrogen and oxygen atoms in total. The summed E-state index contributed by atoms with van der Waals surface area (Å²) in [6.07, 6.45) is 2.22. The molecule has 0 fully saturated rings. The quantitative estimate of drug-likeness (QED) is 0.147. The minimum Gasteiger partial charge on any atom is -0.310 e. The number of aromatic nitrogens is 1. The molecule has 0 amide bonds. The van der Waals surface area contributed by atoms with E-state index in [1.165, 1.54) is 47.5 Å². The van der Waals surface area contributed by atoms with Crippen molar-refractivity contribution in [3.8, 4) is 5.69 Å². The van der Waals surface area contributed by atoms with Crippen LogP contribution in [0.4, 0.5) is 34.1 Å². The van der Waals surface area contributed by atoms with Gasteiger partial charge in [0.15, 0.2) is 0 Å². The summed E-state index contributed by atoms with van der Waals surface area (Å²) in [6.45, 7) is 2.26. The fourth-order valence-electron chi connectivity index (χ4n) is 8.16. The second kappa shape index (κ2) is 14.0. The predicted octanol–water partition coefficient (Wildman–Crippen LogP) is 15.0. The molecule has 55 heavy (non-hydrogen) atoms. The van der Waals surface area contributed by atoms with Gasteiger partial charge in [0.05, 0.1) is 11.0 Å². The molecule has 0 N–H and O–H groups in total. The van der Waals surface area contributed by atoms with E-state index in [4.69, 9.17) is 0 Å². The van der Waals surface area contributed by atoms with Crippen LogP contribution in [-0.4, -0.2) is 4.57 Å². The highest BCUT2D eigenvalue weighted by molar-refractivity contribution is 7.25. The number of rotatable bonds is 9. The van der Waals surface area contributed by atoms with Crippen molar-refractivity contribution in [2.24, 2.45) is 0 Å². The topological polar surface area (TPSA) is 11.4 Å². The van der Waals surface area contributed by atoms with E-state index in [1.54, 1.807) is 0 Å². The van der Waals surface area contributed by atoms with E-state index in [2.05, 4.69) is 215 Å². The second-order valence-electron chi connectivity index (χ2n) is 14.1. The summed E-state index contributed by atoms with van der Waals surface area (Å²) < 4.78 is 5.12. The summed E-state index contributed by atoms with van der Waals surface area (Å²) >= 11 is 1.90. The second-order valence-corrected chi connectivity index (χ2v) is 15.2. The number of anilines is 6. The smallest absolute Gasteiger partial charge is 0.0548 e. The van der Waals surface area contributed by atoms with Crippen molar-refractivity contribution in [3.63, 3.8) is 0 Å². The van der Waals surface area contributed by atoms with Crippen LogP contribution in [0.5, 0.6) is 0 Å². The molecule has 2 aromatic heterocycles. The van der Waals surface area contributed by atoms with E-state index in [-0.39, 0.29) is 0 Å². The van der Waals surface area contributed by atoms with E-state index in [1.807, 2.05) is 11.3 Å². The molecule has 2 heterocycles. The van der Waals surface area contributed by atoms with Gasteiger partial charge in [0.1, 0.15) is 0 Å². The lowest BCUT2D eigenvalue weighted by Gasteiger charge is -2.26. The van der Waals surface area contributed by atoms with Gasteiger partial charge in [-0.15, -0.1) is 11.3 Å². The maximum Gasteiger partial charge on any atom is 0.0548 e. The van der Waals surface area contributed by atoms with Crippen molar-refractivity contribution >= 4 is 87.4 Å². The van der Waals surface area contributed by atoms with Crippen LogP contribution in [0, 0.1) is 0 Å². The zero-order chi connectivity index (χ0) is 36.7. The van der Waals surface area contributed by atoms with E-state index >= 15 is 0 Å². The summed E-state index contributed by atoms with van der Waals surface area (Å²) in [5, 5.41) is 5.14. The summed E-state index contributed by atoms with van der Waals surface area (Å²) in [4.78, 5) is 4.70. The molecule has 8 aromatic carbocycles. The SMILES string of the molecule is CCCc1ccc2sc3cc4c5cc(N(c6ccccc6)c6ccccc6)ccc5n(-c5cccc(N(c6ccccc6)c6ccccc6)c5)c4cc3c2c1. The molecular weight excluding hydrogens is 687 g/mol. The molecule has 0 saturated heterocycles. The van der Waals surface area contributed by atoms with Gasteiger partial charge in [-0.2, -0.15) is 0 Å². The monoisotopic (exact) mass is 725 g/mol. The number of hydrogen-bond acceptors (Lipinski definition) is 3. The molecule has 0 bridgehead atoms. The Morgan fingerprint density at radius 2 is 0.927 bits per heavy atom. The van der Waals surface area contributed by atoms with Gasteiger partial charge in [-0.05, 0) is 121 Å². The lowest BCUT2D eigenvalue weighted by molar-refractivity contribution is 0.924. The molecule has 10 rings (SSSR count). The highest BCUT2D eigenvalue weighted by Crippen LogP contribution is 2.44. The average molecular weight is 726 g/mol. The van der Waals surface area contributed by atoms with Gasteiger partial charge < -0.3 is 14.4 Å².